The van der Waals surface area contributed by atoms with Crippen LogP contribution in [0.15, 0.2) is 213 Å². The van der Waals surface area contributed by atoms with Crippen molar-refractivity contribution >= 4 is 68.2 Å². The van der Waals surface area contributed by atoms with E-state index in [1.54, 1.807) is 101 Å². The van der Waals surface area contributed by atoms with Crippen molar-refractivity contribution in [1.82, 2.24) is 81.6 Å². The number of nitrogens with zero attached hydrogens (tertiary/aromatic N) is 19. The molecular formula is C115H133ClFN21O12. The summed E-state index contributed by atoms with van der Waals surface area (Å²) in [5.41, 5.74) is 20.2. The summed E-state index contributed by atoms with van der Waals surface area (Å²) in [5.74, 6) is 3.89. The zero-order chi connectivity index (χ0) is 106. The number of hydrogen-bond donors (Lipinski definition) is 2. The molecular weight excluding hydrogens is 1920 g/mol. The molecule has 0 radical (unpaired) electrons. The summed E-state index contributed by atoms with van der Waals surface area (Å²) < 4.78 is 61.2. The summed E-state index contributed by atoms with van der Waals surface area (Å²) in [5, 5.41) is 7.82. The maximum Gasteiger partial charge on any atom is 0.258 e. The fraction of sp³-hybridized carbons (Fsp3) is 0.383. The van der Waals surface area contributed by atoms with Gasteiger partial charge in [-0.25, -0.2) is 34.3 Å². The molecule has 5 saturated heterocycles. The first-order valence-electron chi connectivity index (χ1n) is 51.2. The van der Waals surface area contributed by atoms with E-state index in [1.807, 2.05) is 155 Å². The molecule has 16 aromatic rings. The lowest BCUT2D eigenvalue weighted by Crippen LogP contribution is -2.54. The molecule has 22 rings (SSSR count). The van der Waals surface area contributed by atoms with E-state index in [1.165, 1.54) is 37.6 Å². The van der Waals surface area contributed by atoms with Gasteiger partial charge in [0.25, 0.3) is 27.8 Å². The second kappa shape index (κ2) is 45.3. The van der Waals surface area contributed by atoms with Crippen LogP contribution in [0.2, 0.25) is 5.02 Å². The minimum Gasteiger partial charge on any atom is -0.494 e. The Labute approximate surface area is 876 Å². The monoisotopic (exact) mass is 2050 g/mol. The van der Waals surface area contributed by atoms with Gasteiger partial charge in [-0.3, -0.25) is 46.0 Å². The third-order valence-corrected chi connectivity index (χ3v) is 29.8. The molecule has 0 amide bonds. The van der Waals surface area contributed by atoms with E-state index < -0.39 is 5.82 Å². The molecule has 1 saturated carbocycles. The lowest BCUT2D eigenvalue weighted by atomic mass is 9.90. The van der Waals surface area contributed by atoms with Crippen molar-refractivity contribution in [1.29, 1.82) is 0 Å². The molecule has 0 bridgehead atoms. The Kier molecular flexibility index (Phi) is 31.8. The molecule has 5 aliphatic heterocycles. The number of imidazole rings is 1. The number of hydrogen-bond acceptors (Lipinski definition) is 27. The molecule has 1 aliphatic carbocycles. The molecule has 4 aromatic carbocycles. The van der Waals surface area contributed by atoms with E-state index in [0.717, 1.165) is 183 Å². The zero-order valence-corrected chi connectivity index (χ0v) is 89.6. The first-order chi connectivity index (χ1) is 72.2. The highest BCUT2D eigenvalue weighted by molar-refractivity contribution is 6.33. The van der Waals surface area contributed by atoms with Gasteiger partial charge in [0.2, 0.25) is 0 Å². The van der Waals surface area contributed by atoms with Crippen molar-refractivity contribution in [3.8, 4) is 96.5 Å². The van der Waals surface area contributed by atoms with Gasteiger partial charge in [0.15, 0.2) is 51.7 Å². The number of nitrogens with one attached hydrogen (secondary N) is 2. The molecule has 6 fully saturated rings. The number of fused-ring (bicyclic) bond motifs is 6. The van der Waals surface area contributed by atoms with Crippen molar-refractivity contribution in [3.05, 3.63) is 285 Å². The third kappa shape index (κ3) is 23.1. The lowest BCUT2D eigenvalue weighted by Gasteiger charge is -2.39. The zero-order valence-electron chi connectivity index (χ0n) is 88.8. The Hall–Kier alpha value is -14.8. The van der Waals surface area contributed by atoms with E-state index in [2.05, 4.69) is 128 Å². The summed E-state index contributed by atoms with van der Waals surface area (Å²) in [7, 11) is 17.4. The van der Waals surface area contributed by atoms with Crippen molar-refractivity contribution in [3.63, 3.8) is 0 Å². The Morgan fingerprint density at radius 2 is 0.727 bits per heavy atom. The van der Waals surface area contributed by atoms with Gasteiger partial charge < -0.3 is 82.5 Å². The number of pyridine rings is 6. The number of aromatic nitrogens is 12. The maximum absolute atomic E-state index is 14.1. The molecule has 4 atom stereocenters. The number of piperidine rings is 2. The van der Waals surface area contributed by atoms with Gasteiger partial charge in [0, 0.05) is 203 Å². The van der Waals surface area contributed by atoms with E-state index in [0.29, 0.717) is 144 Å². The molecule has 35 heteroatoms. The van der Waals surface area contributed by atoms with Crippen LogP contribution in [0.3, 0.4) is 0 Å². The fourth-order valence-corrected chi connectivity index (χ4v) is 20.9. The summed E-state index contributed by atoms with van der Waals surface area (Å²) >= 11 is 6.41. The number of ether oxygens (including phenoxy) is 7. The average Bonchev–Trinajstić information content (AvgIpc) is 1.01. The van der Waals surface area contributed by atoms with Crippen LogP contribution in [0, 0.1) is 40.4 Å². The molecule has 2 N–H and O–H groups in total. The number of benzene rings is 4. The number of aryl methyl sites for hydroxylation is 5. The van der Waals surface area contributed by atoms with Crippen molar-refractivity contribution < 1.29 is 37.5 Å². The standard InChI is InChI=1S/C25H30N4O3.2C23H28N4O3.C22H23ClN6O.C22H24FN3O2/c1-16-12-20(28-10-8-19(9-11-28)26-18-5-6-18)15-29-24(30)14-21(27-25(16)29)17-4-7-22(31-2)23(13-17)32-3;1-14-8-18(26-11-15(2)24-16(3)12-26)13-27-22(28)10-19(25-23(14)27)17-6-7-20(29-4)21(9-17)30-5;1-15-10-18(26-9-8-25(3)16(2)13-26)14-27-22(28)12-19(24-23(15)27)17-6-7-20(29-4)21(11-17)30-5;1-14-10-28-12-16(8-18(23)22(28)24-14)19-9-21(30)29-13-17(4-5-20(29)25-19)27-7-6-26(3)15(2)11-27;1-14-10-17(15-6-8-25(2)9-7-15)13-26-21(27)12-19(24-22(14)26)16-4-5-20(28-3)18(23)11-16/h4,7,12-15,18-19,26H,5-6,8-11H2,1-3H3;6-10,13,15-16,24H,11-12H2,1-5H3;6-7,10-12,14,16H,8-9,13H2,1-5H3;4-5,8-10,12-13,15H,6-7,11H2,1-3H3;4-5,10-13,15H,6-9H2,1-3H3/t;15-,16+;16-;15-;/m..10./s1. The number of methoxy groups -OCH3 is 7. The molecule has 33 nitrogen and oxygen atoms in total. The first kappa shape index (κ1) is 105. The predicted octanol–water partition coefficient (Wildman–Crippen LogP) is 15.8. The number of rotatable bonds is 19. The van der Waals surface area contributed by atoms with Crippen LogP contribution in [0.4, 0.5) is 27.1 Å². The smallest absolute Gasteiger partial charge is 0.258 e. The van der Waals surface area contributed by atoms with Crippen LogP contribution in [0.1, 0.15) is 106 Å². The van der Waals surface area contributed by atoms with Crippen LogP contribution in [-0.4, -0.2) is 257 Å². The molecule has 6 aliphatic rings. The van der Waals surface area contributed by atoms with E-state index in [4.69, 9.17) is 64.7 Å². The Bertz CT molecular complexity index is 8040. The van der Waals surface area contributed by atoms with Gasteiger partial charge >= 0.3 is 0 Å². The van der Waals surface area contributed by atoms with E-state index in [9.17, 15) is 28.4 Å². The van der Waals surface area contributed by atoms with Crippen LogP contribution >= 0.6 is 11.6 Å². The number of anilines is 4. The number of likely N-dealkylation sites (N-methyl/N-ethyl adjacent to an activating group) is 2. The highest BCUT2D eigenvalue weighted by Gasteiger charge is 2.32. The van der Waals surface area contributed by atoms with E-state index >= 15 is 0 Å². The second-order valence-electron chi connectivity index (χ2n) is 40.3. The molecule has 12 aromatic heterocycles. The minimum atomic E-state index is -0.476. The van der Waals surface area contributed by atoms with Gasteiger partial charge in [-0.15, -0.1) is 0 Å². The van der Waals surface area contributed by atoms with Crippen molar-refractivity contribution in [2.45, 2.75) is 143 Å². The molecule has 784 valence electrons. The van der Waals surface area contributed by atoms with Crippen molar-refractivity contribution in [2.75, 3.05) is 169 Å². The van der Waals surface area contributed by atoms with Gasteiger partial charge in [0.1, 0.15) is 28.2 Å². The van der Waals surface area contributed by atoms with Crippen LogP contribution in [-0.2, 0) is 0 Å². The summed E-state index contributed by atoms with van der Waals surface area (Å²) in [6.07, 6.45) is 20.5. The number of likely N-dealkylation sites (tertiary alicyclic amines) is 1. The summed E-state index contributed by atoms with van der Waals surface area (Å²) in [4.78, 5) is 109. The Balaban J connectivity index is 0.000000122. The maximum atomic E-state index is 14.1. The van der Waals surface area contributed by atoms with Crippen molar-refractivity contribution in [2.24, 2.45) is 0 Å². The topological polar surface area (TPSA) is 300 Å². The van der Waals surface area contributed by atoms with Gasteiger partial charge in [-0.2, -0.15) is 0 Å². The second-order valence-corrected chi connectivity index (χ2v) is 40.7. The molecule has 150 heavy (non-hydrogen) atoms. The largest absolute Gasteiger partial charge is 0.494 e. The van der Waals surface area contributed by atoms with Crippen LogP contribution < -0.4 is 91.2 Å². The van der Waals surface area contributed by atoms with Crippen LogP contribution in [0.25, 0.3) is 90.2 Å². The number of halogens is 2. The Morgan fingerprint density at radius 3 is 1.16 bits per heavy atom. The molecule has 17 heterocycles. The summed E-state index contributed by atoms with van der Waals surface area (Å²) in [6, 6.07) is 46.4. The lowest BCUT2D eigenvalue weighted by molar-refractivity contribution is 0.234. The van der Waals surface area contributed by atoms with Gasteiger partial charge in [0.05, 0.1) is 112 Å². The summed E-state index contributed by atoms with van der Waals surface area (Å²) in [6.45, 7) is 30.4. The minimum absolute atomic E-state index is 0.0879. The normalized spacial score (nSPS) is 17.5. The average molecular weight is 2060 g/mol. The van der Waals surface area contributed by atoms with Gasteiger partial charge in [-0.05, 0) is 278 Å². The third-order valence-electron chi connectivity index (χ3n) is 29.5. The fourth-order valence-electron chi connectivity index (χ4n) is 20.7. The van der Waals surface area contributed by atoms with Gasteiger partial charge in [-0.1, -0.05) is 17.7 Å². The molecule has 0 spiro atoms. The first-order valence-corrected chi connectivity index (χ1v) is 51.6. The SMILES string of the molecule is COc1ccc(-c2cc(=O)n3cc(C4CCN(C)CC4)cc(C)c3n2)cc1F.COc1ccc(-c2cc(=O)n3cc(N4CCC(NC5CC5)CC4)cc(C)c3n2)cc1OC.COc1ccc(-c2cc(=O)n3cc(N4CCN(C)[C@H](C)C4)cc(C)c3n2)cc1OC.COc1ccc(-c2cc(=O)n3cc(N4C[C@@H](C)N[C@@H](C)C4)cc(C)c3n2)cc1OC.Cc1cn2cc(-c3cc(=O)n4cc(N5CCN(C)[C@@H](C)C5)ccc4n3)cc(Cl)c2n1. The highest BCUT2D eigenvalue weighted by Crippen LogP contribution is 2.39. The highest BCUT2D eigenvalue weighted by atomic mass is 35.5. The quantitative estimate of drug-likeness (QED) is 0.0760. The molecule has 0 unspecified atom stereocenters. The van der Waals surface area contributed by atoms with Crippen LogP contribution in [0.5, 0.6) is 40.2 Å². The van der Waals surface area contributed by atoms with E-state index in [-0.39, 0.29) is 33.5 Å². The number of piperazine rings is 3. The Morgan fingerprint density at radius 1 is 0.340 bits per heavy atom. The predicted molar refractivity (Wildman–Crippen MR) is 592 cm³/mol.